The Labute approximate surface area is 164 Å². The molecule has 3 N–H and O–H groups in total. The molecule has 3 rings (SSSR count). The molecule has 1 saturated heterocycles. The van der Waals surface area contributed by atoms with Crippen LogP contribution in [0.25, 0.3) is 0 Å². The first-order chi connectivity index (χ1) is 12.9. The molecule has 0 spiro atoms. The summed E-state index contributed by atoms with van der Waals surface area (Å²) in [6.45, 7) is 0.648. The normalized spacial score (nSPS) is 18.1. The number of amides is 1. The molecule has 0 radical (unpaired) electrons. The zero-order valence-electron chi connectivity index (χ0n) is 14.8. The van der Waals surface area contributed by atoms with Crippen LogP contribution < -0.4 is 11.1 Å². The molecule has 1 atom stereocenters. The number of anilines is 1. The maximum Gasteiger partial charge on any atom is 0.244 e. The van der Waals surface area contributed by atoms with Crippen molar-refractivity contribution in [2.45, 2.75) is 36.7 Å². The molecular formula is C19H22ClN3O3S. The molecule has 1 fully saturated rings. The first kappa shape index (κ1) is 19.7. The Kier molecular flexibility index (Phi) is 6.04. The minimum Gasteiger partial charge on any atom is -0.399 e. The average Bonchev–Trinajstić information content (AvgIpc) is 2.86. The van der Waals surface area contributed by atoms with Crippen molar-refractivity contribution in [3.8, 4) is 0 Å². The van der Waals surface area contributed by atoms with Crippen molar-refractivity contribution in [1.82, 2.24) is 9.62 Å². The van der Waals surface area contributed by atoms with E-state index in [0.717, 1.165) is 18.4 Å². The van der Waals surface area contributed by atoms with Gasteiger partial charge in [0.2, 0.25) is 15.9 Å². The summed E-state index contributed by atoms with van der Waals surface area (Å²) in [7, 11) is -3.89. The molecule has 1 aliphatic heterocycles. The zero-order valence-corrected chi connectivity index (χ0v) is 16.3. The van der Waals surface area contributed by atoms with Gasteiger partial charge in [-0.2, -0.15) is 4.31 Å². The number of sulfonamides is 1. The van der Waals surface area contributed by atoms with Crippen LogP contribution in [-0.2, 0) is 21.4 Å². The molecule has 144 valence electrons. The van der Waals surface area contributed by atoms with Crippen molar-refractivity contribution in [3.05, 3.63) is 59.1 Å². The monoisotopic (exact) mass is 407 g/mol. The summed E-state index contributed by atoms with van der Waals surface area (Å²) in [6.07, 6.45) is 2.09. The molecule has 6 nitrogen and oxygen atoms in total. The smallest absolute Gasteiger partial charge is 0.244 e. The van der Waals surface area contributed by atoms with Crippen LogP contribution in [0, 0.1) is 0 Å². The number of nitrogens with zero attached hydrogens (tertiary/aromatic N) is 1. The topological polar surface area (TPSA) is 92.5 Å². The molecule has 1 aliphatic rings. The average molecular weight is 408 g/mol. The Morgan fingerprint density at radius 1 is 1.07 bits per heavy atom. The SMILES string of the molecule is Nc1ccc(CN(C2CCCCNC2=O)S(=O)(=O)c2ccc(Cl)cc2)cc1. The van der Waals surface area contributed by atoms with Crippen molar-refractivity contribution in [2.75, 3.05) is 12.3 Å². The van der Waals surface area contributed by atoms with E-state index in [0.29, 0.717) is 23.7 Å². The van der Waals surface area contributed by atoms with Gasteiger partial charge in [0, 0.05) is 23.8 Å². The fourth-order valence-electron chi connectivity index (χ4n) is 3.11. The summed E-state index contributed by atoms with van der Waals surface area (Å²) in [6, 6.07) is 12.2. The van der Waals surface area contributed by atoms with E-state index in [1.54, 1.807) is 24.3 Å². The lowest BCUT2D eigenvalue weighted by molar-refractivity contribution is -0.124. The molecule has 0 bridgehead atoms. The maximum atomic E-state index is 13.4. The largest absolute Gasteiger partial charge is 0.399 e. The van der Waals surface area contributed by atoms with Crippen LogP contribution in [-0.4, -0.2) is 31.2 Å². The Morgan fingerprint density at radius 2 is 1.74 bits per heavy atom. The summed E-state index contributed by atoms with van der Waals surface area (Å²) >= 11 is 5.89. The van der Waals surface area contributed by atoms with E-state index >= 15 is 0 Å². The van der Waals surface area contributed by atoms with Gasteiger partial charge in [-0.05, 0) is 61.2 Å². The first-order valence-corrected chi connectivity index (χ1v) is 10.6. The standard InChI is InChI=1S/C19H22ClN3O3S/c20-15-6-10-17(11-7-15)27(25,26)23(13-14-4-8-16(21)9-5-14)18-3-1-2-12-22-19(18)24/h4-11,18H,1-3,12-13,21H2,(H,22,24). The number of benzene rings is 2. The van der Waals surface area contributed by atoms with Gasteiger partial charge >= 0.3 is 0 Å². The molecule has 27 heavy (non-hydrogen) atoms. The number of halogens is 1. The molecule has 2 aromatic carbocycles. The van der Waals surface area contributed by atoms with Crippen molar-refractivity contribution in [3.63, 3.8) is 0 Å². The predicted molar refractivity (Wildman–Crippen MR) is 106 cm³/mol. The van der Waals surface area contributed by atoms with Gasteiger partial charge in [-0.25, -0.2) is 8.42 Å². The Bertz CT molecular complexity index is 899. The number of hydrogen-bond acceptors (Lipinski definition) is 4. The van der Waals surface area contributed by atoms with E-state index in [4.69, 9.17) is 17.3 Å². The van der Waals surface area contributed by atoms with Gasteiger partial charge in [0.15, 0.2) is 0 Å². The van der Waals surface area contributed by atoms with Gasteiger partial charge in [0.05, 0.1) is 4.90 Å². The molecule has 0 aromatic heterocycles. The van der Waals surface area contributed by atoms with Crippen LogP contribution in [0.4, 0.5) is 5.69 Å². The lowest BCUT2D eigenvalue weighted by atomic mass is 10.1. The van der Waals surface area contributed by atoms with Gasteiger partial charge in [0.25, 0.3) is 0 Å². The molecule has 8 heteroatoms. The number of nitrogens with two attached hydrogens (primary N) is 1. The van der Waals surface area contributed by atoms with Crippen LogP contribution in [0.3, 0.4) is 0 Å². The van der Waals surface area contributed by atoms with Crippen molar-refractivity contribution < 1.29 is 13.2 Å². The zero-order chi connectivity index (χ0) is 19.4. The Hall–Kier alpha value is -2.09. The molecule has 0 saturated carbocycles. The second kappa shape index (κ2) is 8.29. The maximum absolute atomic E-state index is 13.4. The second-order valence-electron chi connectivity index (χ2n) is 6.55. The fourth-order valence-corrected chi connectivity index (χ4v) is 4.84. The quantitative estimate of drug-likeness (QED) is 0.745. The second-order valence-corrected chi connectivity index (χ2v) is 8.88. The number of carbonyl (C=O) groups is 1. The lowest BCUT2D eigenvalue weighted by Crippen LogP contribution is -2.48. The Morgan fingerprint density at radius 3 is 2.41 bits per heavy atom. The van der Waals surface area contributed by atoms with Crippen LogP contribution in [0.2, 0.25) is 5.02 Å². The fraction of sp³-hybridized carbons (Fsp3) is 0.316. The van der Waals surface area contributed by atoms with E-state index < -0.39 is 16.1 Å². The highest BCUT2D eigenvalue weighted by Gasteiger charge is 2.36. The number of nitrogen functional groups attached to an aromatic ring is 1. The van der Waals surface area contributed by atoms with E-state index in [-0.39, 0.29) is 17.3 Å². The van der Waals surface area contributed by atoms with Crippen LogP contribution >= 0.6 is 11.6 Å². The Balaban J connectivity index is 2.01. The lowest BCUT2D eigenvalue weighted by Gasteiger charge is -2.29. The van der Waals surface area contributed by atoms with Crippen LogP contribution in [0.15, 0.2) is 53.4 Å². The van der Waals surface area contributed by atoms with Crippen LogP contribution in [0.5, 0.6) is 0 Å². The highest BCUT2D eigenvalue weighted by atomic mass is 35.5. The van der Waals surface area contributed by atoms with E-state index in [1.807, 2.05) is 0 Å². The summed E-state index contributed by atoms with van der Waals surface area (Å²) in [5.74, 6) is -0.263. The van der Waals surface area contributed by atoms with E-state index in [1.165, 1.54) is 28.6 Å². The number of nitrogens with one attached hydrogen (secondary N) is 1. The van der Waals surface area contributed by atoms with Gasteiger partial charge in [-0.3, -0.25) is 4.79 Å². The minimum absolute atomic E-state index is 0.0866. The van der Waals surface area contributed by atoms with Crippen molar-refractivity contribution in [1.29, 1.82) is 0 Å². The van der Waals surface area contributed by atoms with Crippen molar-refractivity contribution >= 4 is 33.2 Å². The third-order valence-electron chi connectivity index (χ3n) is 4.59. The molecular weight excluding hydrogens is 386 g/mol. The molecule has 1 unspecified atom stereocenters. The third kappa shape index (κ3) is 4.61. The van der Waals surface area contributed by atoms with Crippen LogP contribution in [0.1, 0.15) is 24.8 Å². The highest BCUT2D eigenvalue weighted by molar-refractivity contribution is 7.89. The molecule has 2 aromatic rings. The van der Waals surface area contributed by atoms with E-state index in [2.05, 4.69) is 5.32 Å². The van der Waals surface area contributed by atoms with Gasteiger partial charge < -0.3 is 11.1 Å². The van der Waals surface area contributed by atoms with Gasteiger partial charge in [0.1, 0.15) is 6.04 Å². The molecule has 1 amide bonds. The predicted octanol–water partition coefficient (Wildman–Crippen LogP) is 2.78. The van der Waals surface area contributed by atoms with Gasteiger partial charge in [-0.15, -0.1) is 0 Å². The number of carbonyl (C=O) groups excluding carboxylic acids is 1. The summed E-state index contributed by atoms with van der Waals surface area (Å²) in [5.41, 5.74) is 7.08. The number of hydrogen-bond donors (Lipinski definition) is 2. The van der Waals surface area contributed by atoms with Crippen molar-refractivity contribution in [2.24, 2.45) is 0 Å². The molecule has 1 heterocycles. The first-order valence-electron chi connectivity index (χ1n) is 8.77. The summed E-state index contributed by atoms with van der Waals surface area (Å²) in [4.78, 5) is 12.7. The number of rotatable bonds is 5. The minimum atomic E-state index is -3.89. The van der Waals surface area contributed by atoms with Gasteiger partial charge in [-0.1, -0.05) is 23.7 Å². The molecule has 0 aliphatic carbocycles. The third-order valence-corrected chi connectivity index (χ3v) is 6.71. The summed E-state index contributed by atoms with van der Waals surface area (Å²) in [5, 5.41) is 3.27. The highest BCUT2D eigenvalue weighted by Crippen LogP contribution is 2.26. The summed E-state index contributed by atoms with van der Waals surface area (Å²) < 4.78 is 28.0. The van der Waals surface area contributed by atoms with E-state index in [9.17, 15) is 13.2 Å².